The van der Waals surface area contributed by atoms with Gasteiger partial charge >= 0.3 is 5.97 Å². The summed E-state index contributed by atoms with van der Waals surface area (Å²) in [6.07, 6.45) is 0. The summed E-state index contributed by atoms with van der Waals surface area (Å²) < 4.78 is 33.8. The molecule has 0 bridgehead atoms. The van der Waals surface area contributed by atoms with Crippen LogP contribution in [0.25, 0.3) is 0 Å². The smallest absolute Gasteiger partial charge is 0.339 e. The number of hydrogen-bond acceptors (Lipinski definition) is 6. The molecule has 1 heterocycles. The highest BCUT2D eigenvalue weighted by molar-refractivity contribution is 7.90. The van der Waals surface area contributed by atoms with Crippen LogP contribution in [-0.4, -0.2) is 39.8 Å². The van der Waals surface area contributed by atoms with Gasteiger partial charge in [0, 0.05) is 12.1 Å². The number of para-hydroxylation sites is 1. The standard InChI is InChI=1S/C21H23N3O5S/c1-13(2)12-24-14(3)23-30(27,28)19-11-15(9-10-18(19)24)20(25)22-17-8-6-5-7-16(17)21(26)29-4/h5-11,13H,12H2,1-4H3,(H,22,25). The van der Waals surface area contributed by atoms with Crippen LogP contribution in [0.3, 0.4) is 0 Å². The van der Waals surface area contributed by atoms with E-state index in [2.05, 4.69) is 9.71 Å². The number of rotatable bonds is 5. The zero-order valence-electron chi connectivity index (χ0n) is 17.2. The highest BCUT2D eigenvalue weighted by Crippen LogP contribution is 2.33. The third kappa shape index (κ3) is 4.20. The Balaban J connectivity index is 1.98. The molecule has 0 aromatic heterocycles. The number of methoxy groups -OCH3 is 1. The number of carbonyl (C=O) groups excluding carboxylic acids is 2. The van der Waals surface area contributed by atoms with E-state index in [1.165, 1.54) is 19.2 Å². The molecule has 2 aromatic carbocycles. The Bertz CT molecular complexity index is 1140. The van der Waals surface area contributed by atoms with Gasteiger partial charge in [0.25, 0.3) is 15.9 Å². The first-order valence-corrected chi connectivity index (χ1v) is 10.8. The third-order valence-corrected chi connectivity index (χ3v) is 5.95. The van der Waals surface area contributed by atoms with E-state index in [1.54, 1.807) is 37.3 Å². The number of carbonyl (C=O) groups is 2. The average Bonchev–Trinajstić information content (AvgIpc) is 2.70. The molecule has 0 saturated heterocycles. The van der Waals surface area contributed by atoms with E-state index in [0.717, 1.165) is 0 Å². The Morgan fingerprint density at radius 1 is 1.17 bits per heavy atom. The molecule has 3 rings (SSSR count). The number of nitrogens with zero attached hydrogens (tertiary/aromatic N) is 2. The predicted octanol–water partition coefficient (Wildman–Crippen LogP) is 3.31. The summed E-state index contributed by atoms with van der Waals surface area (Å²) in [5.41, 5.74) is 1.09. The summed E-state index contributed by atoms with van der Waals surface area (Å²) in [5, 5.41) is 2.64. The number of amidine groups is 1. The van der Waals surface area contributed by atoms with Crippen molar-refractivity contribution in [1.29, 1.82) is 0 Å². The molecule has 1 aliphatic heterocycles. The molecule has 0 aliphatic carbocycles. The Kier molecular flexibility index (Phi) is 5.93. The number of benzene rings is 2. The SMILES string of the molecule is COC(=O)c1ccccc1NC(=O)c1ccc2c(c1)S(=O)(=O)N=C(C)N2CC(C)C. The second kappa shape index (κ2) is 8.27. The number of fused-ring (bicyclic) bond motifs is 1. The second-order valence-corrected chi connectivity index (χ2v) is 8.86. The van der Waals surface area contributed by atoms with E-state index in [9.17, 15) is 18.0 Å². The number of sulfonamides is 1. The Morgan fingerprint density at radius 3 is 2.53 bits per heavy atom. The first kappa shape index (κ1) is 21.5. The molecule has 0 saturated carbocycles. The minimum Gasteiger partial charge on any atom is -0.465 e. The van der Waals surface area contributed by atoms with E-state index in [0.29, 0.717) is 18.1 Å². The Hall–Kier alpha value is -3.20. The molecule has 0 spiro atoms. The lowest BCUT2D eigenvalue weighted by Crippen LogP contribution is -2.36. The van der Waals surface area contributed by atoms with Gasteiger partial charge in [-0.05, 0) is 43.2 Å². The van der Waals surface area contributed by atoms with Crippen molar-refractivity contribution in [3.05, 3.63) is 53.6 Å². The summed E-state index contributed by atoms with van der Waals surface area (Å²) in [4.78, 5) is 26.5. The molecule has 1 amide bonds. The Morgan fingerprint density at radius 2 is 1.87 bits per heavy atom. The van der Waals surface area contributed by atoms with Crippen LogP contribution in [0.5, 0.6) is 0 Å². The molecule has 0 fully saturated rings. The zero-order chi connectivity index (χ0) is 22.1. The third-order valence-electron chi connectivity index (χ3n) is 4.56. The van der Waals surface area contributed by atoms with Gasteiger partial charge in [-0.25, -0.2) is 4.79 Å². The molecule has 30 heavy (non-hydrogen) atoms. The molecule has 8 nitrogen and oxygen atoms in total. The maximum Gasteiger partial charge on any atom is 0.339 e. The van der Waals surface area contributed by atoms with Crippen LogP contribution in [0.1, 0.15) is 41.5 Å². The molecular formula is C21H23N3O5S. The molecule has 0 unspecified atom stereocenters. The summed E-state index contributed by atoms with van der Waals surface area (Å²) in [6.45, 7) is 6.29. The fourth-order valence-corrected chi connectivity index (χ4v) is 4.47. The van der Waals surface area contributed by atoms with Gasteiger partial charge < -0.3 is 15.0 Å². The van der Waals surface area contributed by atoms with E-state index in [1.807, 2.05) is 18.7 Å². The fraction of sp³-hybridized carbons (Fsp3) is 0.286. The molecular weight excluding hydrogens is 406 g/mol. The zero-order valence-corrected chi connectivity index (χ0v) is 18.0. The summed E-state index contributed by atoms with van der Waals surface area (Å²) >= 11 is 0. The predicted molar refractivity (Wildman–Crippen MR) is 115 cm³/mol. The molecule has 0 atom stereocenters. The van der Waals surface area contributed by atoms with Crippen LogP contribution in [0.15, 0.2) is 51.8 Å². The van der Waals surface area contributed by atoms with Crippen LogP contribution < -0.4 is 10.2 Å². The number of anilines is 2. The van der Waals surface area contributed by atoms with Gasteiger partial charge in [0.15, 0.2) is 0 Å². The second-order valence-electron chi connectivity index (χ2n) is 7.29. The van der Waals surface area contributed by atoms with Crippen LogP contribution in [0, 0.1) is 5.92 Å². The number of ether oxygens (including phenoxy) is 1. The van der Waals surface area contributed by atoms with Gasteiger partial charge in [0.05, 0.1) is 24.0 Å². The van der Waals surface area contributed by atoms with Crippen molar-refractivity contribution < 1.29 is 22.7 Å². The number of hydrogen-bond donors (Lipinski definition) is 1. The molecule has 0 radical (unpaired) electrons. The first-order chi connectivity index (χ1) is 14.1. The highest BCUT2D eigenvalue weighted by Gasteiger charge is 2.30. The topological polar surface area (TPSA) is 105 Å². The lowest BCUT2D eigenvalue weighted by atomic mass is 10.1. The van der Waals surface area contributed by atoms with Crippen LogP contribution in [-0.2, 0) is 14.8 Å². The van der Waals surface area contributed by atoms with Crippen molar-refractivity contribution >= 4 is 39.1 Å². The van der Waals surface area contributed by atoms with Crippen molar-refractivity contribution in [2.45, 2.75) is 25.7 Å². The quantitative estimate of drug-likeness (QED) is 0.731. The number of esters is 1. The average molecular weight is 429 g/mol. The van der Waals surface area contributed by atoms with Gasteiger partial charge in [-0.1, -0.05) is 26.0 Å². The van der Waals surface area contributed by atoms with Gasteiger partial charge in [-0.3, -0.25) is 4.79 Å². The normalized spacial score (nSPS) is 14.7. The van der Waals surface area contributed by atoms with Crippen molar-refractivity contribution in [3.63, 3.8) is 0 Å². The van der Waals surface area contributed by atoms with Crippen molar-refractivity contribution in [2.75, 3.05) is 23.9 Å². The lowest BCUT2D eigenvalue weighted by molar-refractivity contribution is 0.0602. The summed E-state index contributed by atoms with van der Waals surface area (Å²) in [6, 6.07) is 10.9. The lowest BCUT2D eigenvalue weighted by Gasteiger charge is -2.30. The van der Waals surface area contributed by atoms with Crippen molar-refractivity contribution in [3.8, 4) is 0 Å². The Labute approximate surface area is 175 Å². The molecule has 1 N–H and O–H groups in total. The van der Waals surface area contributed by atoms with E-state index in [4.69, 9.17) is 4.74 Å². The monoisotopic (exact) mass is 429 g/mol. The number of nitrogens with one attached hydrogen (secondary N) is 1. The van der Waals surface area contributed by atoms with E-state index < -0.39 is 21.9 Å². The molecule has 2 aromatic rings. The summed E-state index contributed by atoms with van der Waals surface area (Å²) in [7, 11) is -2.67. The minimum absolute atomic E-state index is 0.0253. The van der Waals surface area contributed by atoms with Gasteiger partial charge in [0.2, 0.25) is 0 Å². The maximum absolute atomic E-state index is 12.8. The van der Waals surface area contributed by atoms with E-state index >= 15 is 0 Å². The van der Waals surface area contributed by atoms with Crippen molar-refractivity contribution in [2.24, 2.45) is 10.3 Å². The first-order valence-electron chi connectivity index (χ1n) is 9.36. The van der Waals surface area contributed by atoms with Crippen LogP contribution >= 0.6 is 0 Å². The van der Waals surface area contributed by atoms with Crippen LogP contribution in [0.4, 0.5) is 11.4 Å². The molecule has 158 valence electrons. The summed E-state index contributed by atoms with van der Waals surface area (Å²) in [5.74, 6) is -0.471. The van der Waals surface area contributed by atoms with Crippen molar-refractivity contribution in [1.82, 2.24) is 0 Å². The number of amides is 1. The largest absolute Gasteiger partial charge is 0.465 e. The minimum atomic E-state index is -3.92. The molecule has 1 aliphatic rings. The maximum atomic E-state index is 12.8. The van der Waals surface area contributed by atoms with E-state index in [-0.39, 0.29) is 27.6 Å². The molecule has 9 heteroatoms. The van der Waals surface area contributed by atoms with Gasteiger partial charge in [0.1, 0.15) is 10.7 Å². The van der Waals surface area contributed by atoms with Gasteiger partial charge in [-0.15, -0.1) is 4.40 Å². The van der Waals surface area contributed by atoms with Gasteiger partial charge in [-0.2, -0.15) is 8.42 Å². The van der Waals surface area contributed by atoms with Crippen LogP contribution in [0.2, 0.25) is 0 Å². The highest BCUT2D eigenvalue weighted by atomic mass is 32.2. The fourth-order valence-electron chi connectivity index (χ4n) is 3.20.